The van der Waals surface area contributed by atoms with E-state index in [9.17, 15) is 14.7 Å². The van der Waals surface area contributed by atoms with Crippen molar-refractivity contribution in [1.29, 1.82) is 0 Å². The molecule has 4 aromatic rings. The molecule has 0 unspecified atom stereocenters. The van der Waals surface area contributed by atoms with Crippen molar-refractivity contribution < 1.29 is 9.90 Å². The Kier molecular flexibility index (Phi) is 7.26. The number of aliphatic hydroxyl groups is 1. The molecule has 1 aliphatic heterocycles. The minimum atomic E-state index is -1.16. The first-order valence-corrected chi connectivity index (χ1v) is 13.2. The highest BCUT2D eigenvalue weighted by Crippen LogP contribution is 2.25. The molecule has 0 saturated carbocycles. The van der Waals surface area contributed by atoms with Gasteiger partial charge in [0.25, 0.3) is 5.56 Å². The maximum atomic E-state index is 13.3. The summed E-state index contributed by atoms with van der Waals surface area (Å²) < 4.78 is 3.13. The number of anilines is 2. The molecule has 0 bridgehead atoms. The van der Waals surface area contributed by atoms with Crippen molar-refractivity contribution in [2.45, 2.75) is 39.0 Å². The number of hydrogen-bond acceptors (Lipinski definition) is 8. The van der Waals surface area contributed by atoms with Crippen LogP contribution in [0.3, 0.4) is 0 Å². The zero-order valence-corrected chi connectivity index (χ0v) is 23.3. The molecule has 0 aliphatic carbocycles. The molecule has 2 N–H and O–H groups in total. The molecular formula is C29H34N8O3. The normalized spacial score (nSPS) is 13.7. The van der Waals surface area contributed by atoms with Gasteiger partial charge in [-0.2, -0.15) is 4.98 Å². The van der Waals surface area contributed by atoms with Crippen molar-refractivity contribution in [1.82, 2.24) is 34.1 Å². The molecule has 1 aliphatic rings. The van der Waals surface area contributed by atoms with Gasteiger partial charge < -0.3 is 15.3 Å². The quantitative estimate of drug-likeness (QED) is 0.326. The third kappa shape index (κ3) is 5.38. The molecule has 0 atom stereocenters. The lowest BCUT2D eigenvalue weighted by molar-refractivity contribution is -0.130. The Bertz CT molecular complexity index is 1650. The van der Waals surface area contributed by atoms with E-state index in [2.05, 4.69) is 38.9 Å². The van der Waals surface area contributed by atoms with Crippen LogP contribution in [0.25, 0.3) is 16.9 Å². The standard InChI is InChI=1S/C29H34N8O3/c1-6-13-36-27(39)22-16-30-28(33-26(22)37(36)24-9-7-8-23(32-24)29(2,3)40)31-21-11-10-19-12-14-35(17-20(19)15-21)18-25(38)34(4)5/h6-11,15-16,40H,1,12-14,17-18H2,2-5H3,(H,30,31,33). The fourth-order valence-corrected chi connectivity index (χ4v) is 4.78. The highest BCUT2D eigenvalue weighted by atomic mass is 16.3. The van der Waals surface area contributed by atoms with Gasteiger partial charge in [0.1, 0.15) is 11.0 Å². The minimum Gasteiger partial charge on any atom is -0.384 e. The van der Waals surface area contributed by atoms with Crippen LogP contribution in [-0.4, -0.2) is 72.3 Å². The SMILES string of the molecule is C=CCn1c(=O)c2cnc(Nc3ccc4c(c3)CN(CC(=O)N(C)C)CC4)nc2n1-c1cccc(C(C)(C)O)n1. The van der Waals surface area contributed by atoms with Crippen molar-refractivity contribution in [2.24, 2.45) is 0 Å². The molecule has 4 heterocycles. The first-order valence-electron chi connectivity index (χ1n) is 13.2. The Morgan fingerprint density at radius 1 is 1.20 bits per heavy atom. The summed E-state index contributed by atoms with van der Waals surface area (Å²) in [7, 11) is 3.54. The molecule has 5 rings (SSSR count). The number of hydrogen-bond donors (Lipinski definition) is 2. The maximum absolute atomic E-state index is 13.3. The Balaban J connectivity index is 1.50. The smallest absolute Gasteiger partial charge is 0.278 e. The lowest BCUT2D eigenvalue weighted by Crippen LogP contribution is -2.39. The summed E-state index contributed by atoms with van der Waals surface area (Å²) in [5, 5.41) is 14.1. The fraction of sp³-hybridized carbons (Fsp3) is 0.345. The van der Waals surface area contributed by atoms with Crippen LogP contribution in [0, 0.1) is 0 Å². The van der Waals surface area contributed by atoms with Crippen LogP contribution < -0.4 is 10.9 Å². The van der Waals surface area contributed by atoms with Gasteiger partial charge in [-0.05, 0) is 55.7 Å². The van der Waals surface area contributed by atoms with Crippen LogP contribution in [0.15, 0.2) is 60.0 Å². The van der Waals surface area contributed by atoms with E-state index in [0.717, 1.165) is 24.2 Å². The van der Waals surface area contributed by atoms with Crippen LogP contribution in [0.4, 0.5) is 11.6 Å². The average molecular weight is 543 g/mol. The highest BCUT2D eigenvalue weighted by Gasteiger charge is 2.23. The predicted molar refractivity (Wildman–Crippen MR) is 154 cm³/mol. The van der Waals surface area contributed by atoms with E-state index in [1.54, 1.807) is 61.8 Å². The number of carbonyl (C=O) groups excluding carboxylic acids is 1. The van der Waals surface area contributed by atoms with Gasteiger partial charge in [-0.25, -0.2) is 19.3 Å². The molecular weight excluding hydrogens is 508 g/mol. The molecule has 0 radical (unpaired) electrons. The second-order valence-electron chi connectivity index (χ2n) is 10.7. The second kappa shape index (κ2) is 10.7. The maximum Gasteiger partial charge on any atom is 0.278 e. The van der Waals surface area contributed by atoms with Gasteiger partial charge in [0.15, 0.2) is 11.5 Å². The highest BCUT2D eigenvalue weighted by molar-refractivity contribution is 5.78. The number of likely N-dealkylation sites (N-methyl/N-ethyl adjacent to an activating group) is 1. The van der Waals surface area contributed by atoms with Crippen LogP contribution in [0.1, 0.15) is 30.7 Å². The monoisotopic (exact) mass is 542 g/mol. The number of aromatic nitrogens is 5. The zero-order valence-electron chi connectivity index (χ0n) is 23.3. The van der Waals surface area contributed by atoms with Gasteiger partial charge in [-0.15, -0.1) is 6.58 Å². The summed E-state index contributed by atoms with van der Waals surface area (Å²) in [6.07, 6.45) is 4.01. The van der Waals surface area contributed by atoms with Crippen molar-refractivity contribution in [3.05, 3.63) is 82.4 Å². The molecule has 0 fully saturated rings. The molecule has 0 spiro atoms. The van der Waals surface area contributed by atoms with Crippen molar-refractivity contribution in [2.75, 3.05) is 32.5 Å². The number of allylic oxidation sites excluding steroid dienone is 1. The summed E-state index contributed by atoms with van der Waals surface area (Å²) in [6.45, 7) is 9.24. The Hall–Kier alpha value is -4.35. The van der Waals surface area contributed by atoms with Crippen LogP contribution >= 0.6 is 0 Å². The topological polar surface area (TPSA) is 121 Å². The van der Waals surface area contributed by atoms with E-state index >= 15 is 0 Å². The zero-order chi connectivity index (χ0) is 28.6. The first kappa shape index (κ1) is 27.2. The molecule has 1 aromatic carbocycles. The van der Waals surface area contributed by atoms with Gasteiger partial charge in [-0.3, -0.25) is 14.5 Å². The molecule has 1 amide bonds. The minimum absolute atomic E-state index is 0.0800. The Morgan fingerprint density at radius 3 is 2.73 bits per heavy atom. The van der Waals surface area contributed by atoms with E-state index in [4.69, 9.17) is 4.98 Å². The molecule has 11 nitrogen and oxygen atoms in total. The van der Waals surface area contributed by atoms with Gasteiger partial charge in [0.05, 0.1) is 18.8 Å². The Labute approximate surface area is 232 Å². The number of amides is 1. The lowest BCUT2D eigenvalue weighted by Gasteiger charge is -2.29. The summed E-state index contributed by atoms with van der Waals surface area (Å²) in [5.74, 6) is 0.849. The van der Waals surface area contributed by atoms with Crippen LogP contribution in [-0.2, 0) is 29.9 Å². The van der Waals surface area contributed by atoms with Crippen molar-refractivity contribution in [3.8, 4) is 5.82 Å². The summed E-state index contributed by atoms with van der Waals surface area (Å²) in [6, 6.07) is 11.4. The molecule has 11 heteroatoms. The molecule has 208 valence electrons. The summed E-state index contributed by atoms with van der Waals surface area (Å²) >= 11 is 0. The number of benzene rings is 1. The van der Waals surface area contributed by atoms with E-state index in [1.165, 1.54) is 16.4 Å². The number of fused-ring (bicyclic) bond motifs is 2. The van der Waals surface area contributed by atoms with E-state index in [0.29, 0.717) is 41.6 Å². The van der Waals surface area contributed by atoms with Crippen molar-refractivity contribution in [3.63, 3.8) is 0 Å². The van der Waals surface area contributed by atoms with Gasteiger partial charge in [-0.1, -0.05) is 18.2 Å². The molecule has 40 heavy (non-hydrogen) atoms. The lowest BCUT2D eigenvalue weighted by atomic mass is 9.99. The Morgan fingerprint density at radius 2 is 2.00 bits per heavy atom. The number of rotatable bonds is 8. The average Bonchev–Trinajstić information content (AvgIpc) is 3.18. The van der Waals surface area contributed by atoms with E-state index in [1.807, 2.05) is 6.07 Å². The molecule has 0 saturated heterocycles. The van der Waals surface area contributed by atoms with E-state index in [-0.39, 0.29) is 18.0 Å². The third-order valence-electron chi connectivity index (χ3n) is 6.97. The number of nitrogens with zero attached hydrogens (tertiary/aromatic N) is 7. The second-order valence-corrected chi connectivity index (χ2v) is 10.7. The third-order valence-corrected chi connectivity index (χ3v) is 6.97. The van der Waals surface area contributed by atoms with Gasteiger partial charge in [0.2, 0.25) is 11.9 Å². The fourth-order valence-electron chi connectivity index (χ4n) is 4.78. The van der Waals surface area contributed by atoms with Gasteiger partial charge >= 0.3 is 0 Å². The van der Waals surface area contributed by atoms with Crippen LogP contribution in [0.5, 0.6) is 0 Å². The predicted octanol–water partition coefficient (Wildman–Crippen LogP) is 2.58. The number of carbonyl (C=O) groups is 1. The number of pyridine rings is 1. The summed E-state index contributed by atoms with van der Waals surface area (Å²) in [4.78, 5) is 43.0. The number of nitrogens with one attached hydrogen (secondary N) is 1. The van der Waals surface area contributed by atoms with Crippen molar-refractivity contribution >= 4 is 28.6 Å². The largest absolute Gasteiger partial charge is 0.384 e. The summed E-state index contributed by atoms with van der Waals surface area (Å²) in [5.41, 5.74) is 2.63. The van der Waals surface area contributed by atoms with E-state index < -0.39 is 5.60 Å². The van der Waals surface area contributed by atoms with Crippen LogP contribution in [0.2, 0.25) is 0 Å². The first-order chi connectivity index (χ1) is 19.0. The molecule has 3 aromatic heterocycles. The van der Waals surface area contributed by atoms with Gasteiger partial charge in [0, 0.05) is 39.1 Å².